The van der Waals surface area contributed by atoms with Gasteiger partial charge in [-0.1, -0.05) is 13.3 Å². The minimum Gasteiger partial charge on any atom is -0.395 e. The van der Waals surface area contributed by atoms with E-state index in [4.69, 9.17) is 10.5 Å². The quantitative estimate of drug-likeness (QED) is 0.725. The number of morpholine rings is 1. The minimum atomic E-state index is 0.0625. The molecule has 1 saturated heterocycles. The molecule has 0 aromatic rings. The molecule has 0 saturated carbocycles. The molecule has 0 aromatic carbocycles. The van der Waals surface area contributed by atoms with Crippen LogP contribution in [0.3, 0.4) is 0 Å². The fraction of sp³-hybridized carbons (Fsp3) is 1.00. The maximum Gasteiger partial charge on any atom is 0.0678 e. The fourth-order valence-electron chi connectivity index (χ4n) is 2.54. The van der Waals surface area contributed by atoms with Crippen LogP contribution in [0.25, 0.3) is 0 Å². The zero-order valence-corrected chi connectivity index (χ0v) is 10.7. The third-order valence-corrected chi connectivity index (χ3v) is 3.22. The van der Waals surface area contributed by atoms with Gasteiger partial charge in [0.2, 0.25) is 0 Å². The number of nitrogens with zero attached hydrogens (tertiary/aromatic N) is 1. The predicted molar refractivity (Wildman–Crippen MR) is 65.3 cm³/mol. The van der Waals surface area contributed by atoms with E-state index < -0.39 is 0 Å². The standard InChI is InChI=1S/C12H26N2O2/c1-4-5-11(13)12(8-15)14-6-9(2)16-10(3)7-14/h9-12,15H,4-8,13H2,1-3H3/t9-,10+,11?,12?. The fourth-order valence-corrected chi connectivity index (χ4v) is 2.54. The molecular weight excluding hydrogens is 204 g/mol. The van der Waals surface area contributed by atoms with Gasteiger partial charge in [0, 0.05) is 25.2 Å². The highest BCUT2D eigenvalue weighted by Crippen LogP contribution is 2.16. The van der Waals surface area contributed by atoms with E-state index in [9.17, 15) is 5.11 Å². The second-order valence-corrected chi connectivity index (χ2v) is 4.91. The molecule has 0 radical (unpaired) electrons. The van der Waals surface area contributed by atoms with E-state index in [1.165, 1.54) is 0 Å². The molecule has 1 rings (SSSR count). The number of aliphatic hydroxyl groups is 1. The Morgan fingerprint density at radius 2 is 1.94 bits per heavy atom. The minimum absolute atomic E-state index is 0.0625. The molecule has 0 aromatic heterocycles. The van der Waals surface area contributed by atoms with Crippen LogP contribution in [0.15, 0.2) is 0 Å². The van der Waals surface area contributed by atoms with E-state index in [2.05, 4.69) is 25.7 Å². The lowest BCUT2D eigenvalue weighted by molar-refractivity contribution is -0.0888. The van der Waals surface area contributed by atoms with E-state index >= 15 is 0 Å². The highest BCUT2D eigenvalue weighted by atomic mass is 16.5. The number of ether oxygens (including phenoxy) is 1. The van der Waals surface area contributed by atoms with Crippen LogP contribution in [0.4, 0.5) is 0 Å². The summed E-state index contributed by atoms with van der Waals surface area (Å²) in [6.07, 6.45) is 2.48. The molecule has 1 heterocycles. The Kier molecular flexibility index (Phi) is 5.69. The molecule has 96 valence electrons. The number of hydrogen-bond acceptors (Lipinski definition) is 4. The molecule has 3 N–H and O–H groups in total. The van der Waals surface area contributed by atoms with Gasteiger partial charge in [0.05, 0.1) is 18.8 Å². The molecule has 4 nitrogen and oxygen atoms in total. The van der Waals surface area contributed by atoms with Crippen LogP contribution in [0.2, 0.25) is 0 Å². The zero-order valence-electron chi connectivity index (χ0n) is 10.7. The van der Waals surface area contributed by atoms with Gasteiger partial charge in [0.1, 0.15) is 0 Å². The van der Waals surface area contributed by atoms with Crippen molar-refractivity contribution >= 4 is 0 Å². The van der Waals surface area contributed by atoms with Gasteiger partial charge in [-0.15, -0.1) is 0 Å². The first-order valence-corrected chi connectivity index (χ1v) is 6.34. The summed E-state index contributed by atoms with van der Waals surface area (Å²) < 4.78 is 5.69. The lowest BCUT2D eigenvalue weighted by Gasteiger charge is -2.41. The van der Waals surface area contributed by atoms with Crippen LogP contribution in [0, 0.1) is 0 Å². The SMILES string of the molecule is CCCC(N)C(CO)N1C[C@@H](C)O[C@@H](C)C1. The first kappa shape index (κ1) is 13.9. The van der Waals surface area contributed by atoms with E-state index in [1.807, 2.05) is 0 Å². The Balaban J connectivity index is 2.57. The average molecular weight is 230 g/mol. The maximum atomic E-state index is 9.49. The van der Waals surface area contributed by atoms with Gasteiger partial charge in [0.15, 0.2) is 0 Å². The molecule has 2 unspecified atom stereocenters. The molecular formula is C12H26N2O2. The van der Waals surface area contributed by atoms with Crippen molar-refractivity contribution in [1.82, 2.24) is 4.90 Å². The zero-order chi connectivity index (χ0) is 12.1. The second kappa shape index (κ2) is 6.55. The van der Waals surface area contributed by atoms with Gasteiger partial charge in [-0.25, -0.2) is 0 Å². The monoisotopic (exact) mass is 230 g/mol. The van der Waals surface area contributed by atoms with Gasteiger partial charge in [-0.05, 0) is 20.3 Å². The topological polar surface area (TPSA) is 58.7 Å². The first-order valence-electron chi connectivity index (χ1n) is 6.34. The molecule has 1 aliphatic heterocycles. The van der Waals surface area contributed by atoms with Crippen molar-refractivity contribution in [3.05, 3.63) is 0 Å². The number of nitrogens with two attached hydrogens (primary N) is 1. The molecule has 0 aliphatic carbocycles. The Bertz CT molecular complexity index is 191. The highest BCUT2D eigenvalue weighted by molar-refractivity contribution is 4.86. The third kappa shape index (κ3) is 3.70. The maximum absolute atomic E-state index is 9.49. The van der Waals surface area contributed by atoms with Crippen molar-refractivity contribution in [2.75, 3.05) is 19.7 Å². The molecule has 0 amide bonds. The molecule has 1 aliphatic rings. The van der Waals surface area contributed by atoms with Gasteiger partial charge in [-0.3, -0.25) is 4.90 Å². The molecule has 1 fully saturated rings. The van der Waals surface area contributed by atoms with Crippen molar-refractivity contribution in [2.45, 2.75) is 57.9 Å². The van der Waals surface area contributed by atoms with Crippen molar-refractivity contribution in [3.63, 3.8) is 0 Å². The van der Waals surface area contributed by atoms with Gasteiger partial charge >= 0.3 is 0 Å². The summed E-state index contributed by atoms with van der Waals surface area (Å²) in [7, 11) is 0. The normalized spacial score (nSPS) is 31.3. The lowest BCUT2D eigenvalue weighted by Crippen LogP contribution is -2.57. The Morgan fingerprint density at radius 3 is 2.38 bits per heavy atom. The summed E-state index contributed by atoms with van der Waals surface area (Å²) in [6.45, 7) is 8.14. The number of hydrogen-bond donors (Lipinski definition) is 2. The van der Waals surface area contributed by atoms with E-state index in [1.54, 1.807) is 0 Å². The van der Waals surface area contributed by atoms with Crippen molar-refractivity contribution < 1.29 is 9.84 Å². The Hall–Kier alpha value is -0.160. The van der Waals surface area contributed by atoms with Crippen LogP contribution in [-0.4, -0.2) is 54.0 Å². The second-order valence-electron chi connectivity index (χ2n) is 4.91. The number of rotatable bonds is 5. The molecule has 0 bridgehead atoms. The largest absolute Gasteiger partial charge is 0.395 e. The van der Waals surface area contributed by atoms with Crippen LogP contribution >= 0.6 is 0 Å². The van der Waals surface area contributed by atoms with Crippen LogP contribution in [0.5, 0.6) is 0 Å². The summed E-state index contributed by atoms with van der Waals surface area (Å²) in [4.78, 5) is 2.28. The van der Waals surface area contributed by atoms with Crippen LogP contribution in [-0.2, 0) is 4.74 Å². The smallest absolute Gasteiger partial charge is 0.0678 e. The van der Waals surface area contributed by atoms with Crippen molar-refractivity contribution in [3.8, 4) is 0 Å². The highest BCUT2D eigenvalue weighted by Gasteiger charge is 2.30. The number of aliphatic hydroxyl groups excluding tert-OH is 1. The Morgan fingerprint density at radius 1 is 1.38 bits per heavy atom. The first-order chi connectivity index (χ1) is 7.58. The molecule has 0 spiro atoms. The van der Waals surface area contributed by atoms with Gasteiger partial charge < -0.3 is 15.6 Å². The summed E-state index contributed by atoms with van der Waals surface area (Å²) in [6, 6.07) is 0.140. The van der Waals surface area contributed by atoms with Crippen molar-refractivity contribution in [1.29, 1.82) is 0 Å². The summed E-state index contributed by atoms with van der Waals surface area (Å²) in [5.74, 6) is 0. The van der Waals surface area contributed by atoms with E-state index in [0.717, 1.165) is 25.9 Å². The average Bonchev–Trinajstić information content (AvgIpc) is 2.17. The van der Waals surface area contributed by atoms with Crippen LogP contribution < -0.4 is 5.73 Å². The van der Waals surface area contributed by atoms with E-state index in [0.29, 0.717) is 0 Å². The lowest BCUT2D eigenvalue weighted by atomic mass is 10.0. The van der Waals surface area contributed by atoms with Crippen molar-refractivity contribution in [2.24, 2.45) is 5.73 Å². The molecule has 16 heavy (non-hydrogen) atoms. The summed E-state index contributed by atoms with van der Waals surface area (Å²) in [5.41, 5.74) is 6.12. The van der Waals surface area contributed by atoms with Crippen LogP contribution in [0.1, 0.15) is 33.6 Å². The summed E-state index contributed by atoms with van der Waals surface area (Å²) in [5, 5.41) is 9.49. The molecule has 4 atom stereocenters. The van der Waals surface area contributed by atoms with Gasteiger partial charge in [0.25, 0.3) is 0 Å². The Labute approximate surface area is 98.8 Å². The van der Waals surface area contributed by atoms with Gasteiger partial charge in [-0.2, -0.15) is 0 Å². The summed E-state index contributed by atoms with van der Waals surface area (Å²) >= 11 is 0. The predicted octanol–water partition coefficient (Wildman–Crippen LogP) is 0.584. The molecule has 4 heteroatoms. The third-order valence-electron chi connectivity index (χ3n) is 3.22. The van der Waals surface area contributed by atoms with E-state index in [-0.39, 0.29) is 30.9 Å².